The smallest absolute Gasteiger partial charge is 0.243 e. The quantitative estimate of drug-likeness (QED) is 0.594. The van der Waals surface area contributed by atoms with Crippen molar-refractivity contribution in [2.45, 2.75) is 52.1 Å². The largest absolute Gasteiger partial charge is 0.356 e. The third-order valence-corrected chi connectivity index (χ3v) is 6.77. The Morgan fingerprint density at radius 3 is 2.25 bits per heavy atom. The highest BCUT2D eigenvalue weighted by Crippen LogP contribution is 2.27. The summed E-state index contributed by atoms with van der Waals surface area (Å²) >= 11 is 0. The summed E-state index contributed by atoms with van der Waals surface area (Å²) in [6, 6.07) is 14.6. The van der Waals surface area contributed by atoms with Crippen molar-refractivity contribution < 1.29 is 12.9 Å². The van der Waals surface area contributed by atoms with E-state index < -0.39 is 10.0 Å². The molecule has 0 saturated heterocycles. The first-order valence-corrected chi connectivity index (χ1v) is 10.7. The highest BCUT2D eigenvalue weighted by molar-refractivity contribution is 7.89. The average molecular weight is 399 g/mol. The molecule has 0 aliphatic rings. The van der Waals surface area contributed by atoms with Gasteiger partial charge in [-0.1, -0.05) is 40.5 Å². The zero-order chi connectivity index (χ0) is 20.5. The van der Waals surface area contributed by atoms with Crippen molar-refractivity contribution in [2.75, 3.05) is 0 Å². The second-order valence-corrected chi connectivity index (χ2v) is 9.35. The van der Waals surface area contributed by atoms with Crippen molar-refractivity contribution in [3.63, 3.8) is 0 Å². The zero-order valence-corrected chi connectivity index (χ0v) is 17.7. The first kappa shape index (κ1) is 20.3. The van der Waals surface area contributed by atoms with Crippen LogP contribution in [0.15, 0.2) is 57.9 Å². The summed E-state index contributed by atoms with van der Waals surface area (Å²) in [5, 5.41) is 4.13. The second kappa shape index (κ2) is 7.89. The Hall–Kier alpha value is -2.44. The fourth-order valence-corrected chi connectivity index (χ4v) is 4.67. The Kier molecular flexibility index (Phi) is 5.72. The molecule has 1 heterocycles. The van der Waals surface area contributed by atoms with E-state index in [0.717, 1.165) is 22.3 Å². The summed E-state index contributed by atoms with van der Waals surface area (Å²) in [5.41, 5.74) is 4.78. The van der Waals surface area contributed by atoms with Gasteiger partial charge in [-0.25, -0.2) is 8.42 Å². The van der Waals surface area contributed by atoms with Crippen molar-refractivity contribution >= 4 is 10.0 Å². The molecule has 2 aromatic carbocycles. The summed E-state index contributed by atoms with van der Waals surface area (Å²) < 4.78 is 33.2. The highest BCUT2D eigenvalue weighted by Gasteiger charge is 2.28. The van der Waals surface area contributed by atoms with E-state index in [1.165, 1.54) is 4.31 Å². The molecule has 0 unspecified atom stereocenters. The van der Waals surface area contributed by atoms with Gasteiger partial charge in [0.2, 0.25) is 10.0 Å². The maximum Gasteiger partial charge on any atom is 0.243 e. The fourth-order valence-electron chi connectivity index (χ4n) is 3.06. The van der Waals surface area contributed by atoms with E-state index in [9.17, 15) is 8.42 Å². The van der Waals surface area contributed by atoms with E-state index in [4.69, 9.17) is 4.52 Å². The molecule has 0 amide bonds. The molecular formula is C22H26N2O3S. The molecule has 0 fully saturated rings. The molecular weight excluding hydrogens is 372 g/mol. The van der Waals surface area contributed by atoms with Crippen LogP contribution >= 0.6 is 0 Å². The summed E-state index contributed by atoms with van der Waals surface area (Å²) in [4.78, 5) is 0.282. The minimum absolute atomic E-state index is 0.155. The lowest BCUT2D eigenvalue weighted by molar-refractivity contribution is 0.332. The monoisotopic (exact) mass is 398 g/mol. The minimum Gasteiger partial charge on any atom is -0.356 e. The number of rotatable bonds is 6. The maximum absolute atomic E-state index is 13.1. The molecule has 0 radical (unpaired) electrons. The van der Waals surface area contributed by atoms with Crippen molar-refractivity contribution in [1.82, 2.24) is 9.46 Å². The van der Waals surface area contributed by atoms with Crippen molar-refractivity contribution in [2.24, 2.45) is 0 Å². The van der Waals surface area contributed by atoms with Crippen LogP contribution in [0.25, 0.3) is 11.3 Å². The van der Waals surface area contributed by atoms with Gasteiger partial charge in [0.15, 0.2) is 5.76 Å². The Bertz CT molecular complexity index is 1070. The Balaban J connectivity index is 1.91. The van der Waals surface area contributed by atoms with Gasteiger partial charge in [0.25, 0.3) is 0 Å². The van der Waals surface area contributed by atoms with Crippen LogP contribution in [0.1, 0.15) is 36.2 Å². The predicted octanol–water partition coefficient (Wildman–Crippen LogP) is 4.87. The third-order valence-electron chi connectivity index (χ3n) is 4.74. The second-order valence-electron chi connectivity index (χ2n) is 7.46. The normalized spacial score (nSPS) is 12.1. The van der Waals surface area contributed by atoms with E-state index in [1.54, 1.807) is 24.3 Å². The average Bonchev–Trinajstić information content (AvgIpc) is 3.10. The van der Waals surface area contributed by atoms with Crippen LogP contribution in [0.4, 0.5) is 0 Å². The highest BCUT2D eigenvalue weighted by atomic mass is 32.2. The van der Waals surface area contributed by atoms with Crippen LogP contribution in [0.2, 0.25) is 0 Å². The van der Waals surface area contributed by atoms with Crippen LogP contribution < -0.4 is 0 Å². The lowest BCUT2D eigenvalue weighted by atomic mass is 10.0. The van der Waals surface area contributed by atoms with Gasteiger partial charge in [-0.05, 0) is 58.4 Å². The van der Waals surface area contributed by atoms with Crippen molar-refractivity contribution in [1.29, 1.82) is 0 Å². The lowest BCUT2D eigenvalue weighted by Crippen LogP contribution is -2.36. The molecule has 0 bridgehead atoms. The first-order chi connectivity index (χ1) is 13.2. The topological polar surface area (TPSA) is 63.4 Å². The van der Waals surface area contributed by atoms with E-state index in [2.05, 4.69) is 5.16 Å². The van der Waals surface area contributed by atoms with E-state index in [-0.39, 0.29) is 17.5 Å². The van der Waals surface area contributed by atoms with Gasteiger partial charge in [-0.3, -0.25) is 0 Å². The van der Waals surface area contributed by atoms with Gasteiger partial charge in [0, 0.05) is 17.7 Å². The molecule has 0 aliphatic carbocycles. The molecule has 0 saturated carbocycles. The van der Waals surface area contributed by atoms with Crippen LogP contribution in [0.3, 0.4) is 0 Å². The van der Waals surface area contributed by atoms with Crippen LogP contribution in [-0.4, -0.2) is 23.9 Å². The van der Waals surface area contributed by atoms with Crippen molar-refractivity contribution in [3.05, 3.63) is 70.9 Å². The summed E-state index contributed by atoms with van der Waals surface area (Å²) in [7, 11) is -3.63. The summed E-state index contributed by atoms with van der Waals surface area (Å²) in [6.07, 6.45) is 0. The molecule has 1 aromatic heterocycles. The molecule has 3 rings (SSSR count). The molecule has 0 N–H and O–H groups in total. The van der Waals surface area contributed by atoms with E-state index in [1.807, 2.05) is 58.9 Å². The van der Waals surface area contributed by atoms with Gasteiger partial charge >= 0.3 is 0 Å². The maximum atomic E-state index is 13.1. The molecule has 6 heteroatoms. The molecule has 28 heavy (non-hydrogen) atoms. The standard InChI is InChI=1S/C22H26N2O3S/c1-15(2)24(28(25,26)20-10-7-16(3)8-11-20)14-19-13-22(27-23-19)21-12-17(4)6-9-18(21)5/h6-13,15H,14H2,1-5H3. The molecule has 0 spiro atoms. The number of hydrogen-bond acceptors (Lipinski definition) is 4. The van der Waals surface area contributed by atoms with Crippen molar-refractivity contribution in [3.8, 4) is 11.3 Å². The Labute approximate surface area is 167 Å². The van der Waals surface area contributed by atoms with Gasteiger partial charge < -0.3 is 4.52 Å². The molecule has 148 valence electrons. The number of hydrogen-bond donors (Lipinski definition) is 0. The number of aromatic nitrogens is 1. The minimum atomic E-state index is -3.63. The first-order valence-electron chi connectivity index (χ1n) is 9.30. The van der Waals surface area contributed by atoms with E-state index >= 15 is 0 Å². The van der Waals surface area contributed by atoms with Gasteiger partial charge in [-0.15, -0.1) is 0 Å². The number of aryl methyl sites for hydroxylation is 3. The van der Waals surface area contributed by atoms with Gasteiger partial charge in [-0.2, -0.15) is 4.31 Å². The van der Waals surface area contributed by atoms with Crippen LogP contribution in [-0.2, 0) is 16.6 Å². The molecule has 0 atom stereocenters. The third kappa shape index (κ3) is 4.18. The number of benzene rings is 2. The fraction of sp³-hybridized carbons (Fsp3) is 0.318. The predicted molar refractivity (Wildman–Crippen MR) is 110 cm³/mol. The van der Waals surface area contributed by atoms with Crippen LogP contribution in [0.5, 0.6) is 0 Å². The van der Waals surface area contributed by atoms with E-state index in [0.29, 0.717) is 11.5 Å². The van der Waals surface area contributed by atoms with Gasteiger partial charge in [0.05, 0.1) is 17.1 Å². The van der Waals surface area contributed by atoms with Gasteiger partial charge in [0.1, 0.15) is 0 Å². The number of sulfonamides is 1. The summed E-state index contributed by atoms with van der Waals surface area (Å²) in [6.45, 7) is 9.84. The zero-order valence-electron chi connectivity index (χ0n) is 16.9. The number of nitrogens with zero attached hydrogens (tertiary/aromatic N) is 2. The lowest BCUT2D eigenvalue weighted by Gasteiger charge is -2.25. The Morgan fingerprint density at radius 1 is 0.964 bits per heavy atom. The molecule has 0 aliphatic heterocycles. The van der Waals surface area contributed by atoms with Crippen LogP contribution in [0, 0.1) is 20.8 Å². The molecule has 3 aromatic rings. The SMILES string of the molecule is Cc1ccc(S(=O)(=O)N(Cc2cc(-c3cc(C)ccc3C)on2)C(C)C)cc1. The molecule has 5 nitrogen and oxygen atoms in total. The Morgan fingerprint density at radius 2 is 1.61 bits per heavy atom. The summed E-state index contributed by atoms with van der Waals surface area (Å²) in [5.74, 6) is 0.646.